The van der Waals surface area contributed by atoms with E-state index in [1.54, 1.807) is 18.3 Å². The summed E-state index contributed by atoms with van der Waals surface area (Å²) in [5.41, 5.74) is 3.07. The molecule has 1 N–H and O–H groups in total. The van der Waals surface area contributed by atoms with Crippen LogP contribution in [0.25, 0.3) is 10.9 Å². The van der Waals surface area contributed by atoms with Crippen LogP contribution in [0.3, 0.4) is 0 Å². The summed E-state index contributed by atoms with van der Waals surface area (Å²) < 4.78 is 25.9. The molecule has 0 aliphatic heterocycles. The molecule has 1 aliphatic rings. The summed E-state index contributed by atoms with van der Waals surface area (Å²) >= 11 is 0. The summed E-state index contributed by atoms with van der Waals surface area (Å²) in [6, 6.07) is 16.9. The predicted octanol–water partition coefficient (Wildman–Crippen LogP) is 5.18. The fraction of sp³-hybridized carbons (Fsp3) is 0.385. The van der Waals surface area contributed by atoms with Crippen molar-refractivity contribution in [2.45, 2.75) is 62.0 Å². The van der Waals surface area contributed by atoms with Gasteiger partial charge in [0.05, 0.1) is 21.7 Å². The minimum absolute atomic E-state index is 0.205. The van der Waals surface area contributed by atoms with E-state index in [9.17, 15) is 18.4 Å². The molecule has 1 aromatic heterocycles. The van der Waals surface area contributed by atoms with Crippen LogP contribution in [0.1, 0.15) is 57.1 Å². The zero-order chi connectivity index (χ0) is 23.9. The third kappa shape index (κ3) is 5.25. The van der Waals surface area contributed by atoms with Crippen LogP contribution in [-0.4, -0.2) is 41.4 Å². The van der Waals surface area contributed by atoms with E-state index < -0.39 is 14.6 Å². The molecule has 1 aliphatic carbocycles. The van der Waals surface area contributed by atoms with Gasteiger partial charge in [-0.2, -0.15) is 0 Å². The number of pyridine rings is 1. The number of carbonyl (C=O) groups is 1. The zero-order valence-corrected chi connectivity index (χ0v) is 20.1. The molecule has 0 atom stereocenters. The number of aromatic nitrogens is 1. The van der Waals surface area contributed by atoms with Gasteiger partial charge in [0.1, 0.15) is 0 Å². The normalized spacial score (nSPS) is 15.4. The maximum Gasteiger partial charge on any atom is 0.233 e. The summed E-state index contributed by atoms with van der Waals surface area (Å²) in [4.78, 5) is 15.6. The standard InChI is InChI=1S/C24H26N2O4S.C2H6/c27-18-26(28)17-24(13-4-1-5-14-24)31(29,30)21-10-8-19(9-11-21)16-20-12-15-25-23-7-3-2-6-22(20)23;1-2/h2-3,6-12,15,18,28H,1,4-5,13-14,16-17H2;1-2H3. The highest BCUT2D eigenvalue weighted by Gasteiger charge is 2.46. The Bertz CT molecular complexity index is 1170. The van der Waals surface area contributed by atoms with Crippen LogP contribution >= 0.6 is 0 Å². The number of benzene rings is 2. The fourth-order valence-corrected chi connectivity index (χ4v) is 6.73. The van der Waals surface area contributed by atoms with E-state index in [0.717, 1.165) is 41.3 Å². The molecule has 2 aromatic carbocycles. The minimum atomic E-state index is -3.72. The average Bonchev–Trinajstić information content (AvgIpc) is 2.86. The van der Waals surface area contributed by atoms with Gasteiger partial charge < -0.3 is 0 Å². The van der Waals surface area contributed by atoms with E-state index in [-0.39, 0.29) is 17.9 Å². The smallest absolute Gasteiger partial charge is 0.233 e. The first kappa shape index (κ1) is 24.9. The van der Waals surface area contributed by atoms with Crippen LogP contribution in [0.5, 0.6) is 0 Å². The fourth-order valence-electron chi connectivity index (χ4n) is 4.61. The molecule has 1 amide bonds. The monoisotopic (exact) mass is 468 g/mol. The maximum absolute atomic E-state index is 13.5. The average molecular weight is 469 g/mol. The number of para-hydroxylation sites is 1. The molecule has 0 radical (unpaired) electrons. The topological polar surface area (TPSA) is 87.6 Å². The highest BCUT2D eigenvalue weighted by atomic mass is 32.2. The molecule has 0 spiro atoms. The van der Waals surface area contributed by atoms with Crippen LogP contribution in [0.2, 0.25) is 0 Å². The SMILES string of the molecule is CC.O=CN(O)CC1(S(=O)(=O)c2ccc(Cc3ccnc4ccccc34)cc2)CCCCC1. The third-order valence-corrected chi connectivity index (χ3v) is 8.84. The van der Waals surface area contributed by atoms with Gasteiger partial charge in [0, 0.05) is 11.6 Å². The maximum atomic E-state index is 13.5. The van der Waals surface area contributed by atoms with Crippen molar-refractivity contribution < 1.29 is 18.4 Å². The van der Waals surface area contributed by atoms with E-state index in [2.05, 4.69) is 4.98 Å². The first-order valence-corrected chi connectivity index (χ1v) is 13.0. The first-order chi connectivity index (χ1) is 15.9. The second-order valence-electron chi connectivity index (χ2n) is 8.26. The Morgan fingerprint density at radius 2 is 1.67 bits per heavy atom. The van der Waals surface area contributed by atoms with E-state index in [0.29, 0.717) is 24.3 Å². The van der Waals surface area contributed by atoms with Crippen LogP contribution < -0.4 is 0 Å². The van der Waals surface area contributed by atoms with Gasteiger partial charge in [-0.25, -0.2) is 13.5 Å². The number of amides is 1. The lowest BCUT2D eigenvalue weighted by atomic mass is 9.88. The molecule has 0 bridgehead atoms. The summed E-state index contributed by atoms with van der Waals surface area (Å²) in [6.45, 7) is 3.80. The van der Waals surface area contributed by atoms with Crippen LogP contribution in [0, 0.1) is 0 Å². The molecule has 33 heavy (non-hydrogen) atoms. The Hall–Kier alpha value is -2.77. The second kappa shape index (κ2) is 10.9. The van der Waals surface area contributed by atoms with Gasteiger partial charge in [-0.3, -0.25) is 15.0 Å². The molecule has 6 nitrogen and oxygen atoms in total. The van der Waals surface area contributed by atoms with Crippen molar-refractivity contribution in [3.8, 4) is 0 Å². The molecule has 7 heteroatoms. The number of carbonyl (C=O) groups excluding carboxylic acids is 1. The molecular formula is C26H32N2O4S. The van der Waals surface area contributed by atoms with Crippen molar-refractivity contribution in [3.63, 3.8) is 0 Å². The van der Waals surface area contributed by atoms with Crippen molar-refractivity contribution in [1.82, 2.24) is 10.0 Å². The number of hydrogen-bond acceptors (Lipinski definition) is 5. The number of nitrogens with zero attached hydrogens (tertiary/aromatic N) is 2. The molecule has 176 valence electrons. The summed E-state index contributed by atoms with van der Waals surface area (Å²) in [5.74, 6) is 0. The molecule has 1 saturated carbocycles. The number of hydroxylamine groups is 2. The summed E-state index contributed by atoms with van der Waals surface area (Å²) in [7, 11) is -3.72. The molecule has 4 rings (SSSR count). The van der Waals surface area contributed by atoms with Crippen molar-refractivity contribution in [2.24, 2.45) is 0 Å². The van der Waals surface area contributed by atoms with Crippen molar-refractivity contribution in [1.29, 1.82) is 0 Å². The molecule has 1 fully saturated rings. The summed E-state index contributed by atoms with van der Waals surface area (Å²) in [6.07, 6.45) is 6.09. The Morgan fingerprint density at radius 3 is 2.33 bits per heavy atom. The van der Waals surface area contributed by atoms with Crippen LogP contribution in [0.15, 0.2) is 65.7 Å². The van der Waals surface area contributed by atoms with Crippen LogP contribution in [-0.2, 0) is 21.1 Å². The van der Waals surface area contributed by atoms with E-state index in [1.165, 1.54) is 0 Å². The van der Waals surface area contributed by atoms with Gasteiger partial charge in [-0.15, -0.1) is 0 Å². The Balaban J connectivity index is 0.00000149. The van der Waals surface area contributed by atoms with Gasteiger partial charge in [-0.05, 0) is 54.7 Å². The number of hydrogen-bond donors (Lipinski definition) is 1. The first-order valence-electron chi connectivity index (χ1n) is 11.5. The van der Waals surface area contributed by atoms with E-state index >= 15 is 0 Å². The van der Waals surface area contributed by atoms with Gasteiger partial charge in [-0.1, -0.05) is 63.4 Å². The van der Waals surface area contributed by atoms with Crippen LogP contribution in [0.4, 0.5) is 0 Å². The number of rotatable bonds is 7. The Labute approximate surface area is 196 Å². The van der Waals surface area contributed by atoms with Gasteiger partial charge in [0.15, 0.2) is 9.84 Å². The van der Waals surface area contributed by atoms with Crippen molar-refractivity contribution in [3.05, 3.63) is 71.9 Å². The van der Waals surface area contributed by atoms with Gasteiger partial charge >= 0.3 is 0 Å². The van der Waals surface area contributed by atoms with Crippen molar-refractivity contribution in [2.75, 3.05) is 6.54 Å². The zero-order valence-electron chi connectivity index (χ0n) is 19.3. The van der Waals surface area contributed by atoms with Gasteiger partial charge in [0.2, 0.25) is 6.41 Å². The third-order valence-electron chi connectivity index (χ3n) is 6.27. The summed E-state index contributed by atoms with van der Waals surface area (Å²) in [5, 5.41) is 11.3. The van der Waals surface area contributed by atoms with E-state index in [4.69, 9.17) is 0 Å². The van der Waals surface area contributed by atoms with Gasteiger partial charge in [0.25, 0.3) is 0 Å². The number of fused-ring (bicyclic) bond motifs is 1. The molecule has 0 unspecified atom stereocenters. The molecule has 3 aromatic rings. The lowest BCUT2D eigenvalue weighted by molar-refractivity contribution is -0.151. The highest BCUT2D eigenvalue weighted by Crippen LogP contribution is 2.39. The molecular weight excluding hydrogens is 436 g/mol. The van der Waals surface area contributed by atoms with E-state index in [1.807, 2.05) is 56.3 Å². The predicted molar refractivity (Wildman–Crippen MR) is 130 cm³/mol. The Morgan fingerprint density at radius 1 is 1.00 bits per heavy atom. The quantitative estimate of drug-likeness (QED) is 0.293. The lowest BCUT2D eigenvalue weighted by Gasteiger charge is -2.37. The highest BCUT2D eigenvalue weighted by molar-refractivity contribution is 7.92. The molecule has 1 heterocycles. The number of sulfone groups is 1. The Kier molecular flexibility index (Phi) is 8.21. The lowest BCUT2D eigenvalue weighted by Crippen LogP contribution is -2.49. The largest absolute Gasteiger partial charge is 0.286 e. The second-order valence-corrected chi connectivity index (χ2v) is 10.6. The minimum Gasteiger partial charge on any atom is -0.286 e. The molecule has 0 saturated heterocycles. The van der Waals surface area contributed by atoms with Crippen molar-refractivity contribution >= 4 is 27.2 Å².